The first-order valence-electron chi connectivity index (χ1n) is 5.98. The van der Waals surface area contributed by atoms with Crippen LogP contribution >= 0.6 is 15.9 Å². The van der Waals surface area contributed by atoms with Crippen LogP contribution in [-0.2, 0) is 11.3 Å². The highest BCUT2D eigenvalue weighted by Crippen LogP contribution is 2.25. The first-order chi connectivity index (χ1) is 9.47. The average molecular weight is 336 g/mol. The molecule has 1 aromatic heterocycles. The highest BCUT2D eigenvalue weighted by molar-refractivity contribution is 9.10. The number of nitrogens with one attached hydrogen (secondary N) is 1. The molecule has 0 saturated heterocycles. The first-order valence-corrected chi connectivity index (χ1v) is 6.77. The summed E-state index contributed by atoms with van der Waals surface area (Å²) in [6.07, 6.45) is 1.45. The molecule has 3 N–H and O–H groups in total. The van der Waals surface area contributed by atoms with Crippen molar-refractivity contribution in [1.82, 2.24) is 4.57 Å². The number of hydrogen-bond donors (Lipinski definition) is 2. The third-order valence-electron chi connectivity index (χ3n) is 2.79. The summed E-state index contributed by atoms with van der Waals surface area (Å²) >= 11 is 3.42. The predicted molar refractivity (Wildman–Crippen MR) is 82.6 cm³/mol. The number of amides is 1. The molecule has 0 aliphatic rings. The number of rotatable bonds is 3. The molecule has 20 heavy (non-hydrogen) atoms. The molecule has 5 nitrogen and oxygen atoms in total. The molecular weight excluding hydrogens is 322 g/mol. The molecule has 0 spiro atoms. The van der Waals surface area contributed by atoms with Crippen LogP contribution in [0.15, 0.2) is 45.8 Å². The average Bonchev–Trinajstić information content (AvgIpc) is 2.39. The molecule has 0 aliphatic heterocycles. The Balaban J connectivity index is 2.15. The zero-order valence-corrected chi connectivity index (χ0v) is 12.5. The molecule has 0 saturated carbocycles. The summed E-state index contributed by atoms with van der Waals surface area (Å²) in [5, 5.41) is 2.76. The van der Waals surface area contributed by atoms with Crippen LogP contribution in [0.3, 0.4) is 0 Å². The van der Waals surface area contributed by atoms with Crippen LogP contribution < -0.4 is 16.6 Å². The van der Waals surface area contributed by atoms with E-state index in [9.17, 15) is 9.59 Å². The second-order valence-corrected chi connectivity index (χ2v) is 5.21. The van der Waals surface area contributed by atoms with Gasteiger partial charge >= 0.3 is 0 Å². The number of halogens is 1. The molecule has 0 atom stereocenters. The van der Waals surface area contributed by atoms with E-state index in [2.05, 4.69) is 21.2 Å². The van der Waals surface area contributed by atoms with E-state index < -0.39 is 0 Å². The zero-order valence-electron chi connectivity index (χ0n) is 10.9. The van der Waals surface area contributed by atoms with Crippen molar-refractivity contribution < 1.29 is 4.79 Å². The van der Waals surface area contributed by atoms with Gasteiger partial charge in [0.05, 0.1) is 5.69 Å². The number of hydrogen-bond acceptors (Lipinski definition) is 3. The van der Waals surface area contributed by atoms with E-state index in [0.29, 0.717) is 11.4 Å². The maximum absolute atomic E-state index is 12.0. The fraction of sp³-hybridized carbons (Fsp3) is 0.143. The number of anilines is 2. The highest BCUT2D eigenvalue weighted by atomic mass is 79.9. The third-order valence-corrected chi connectivity index (χ3v) is 3.84. The summed E-state index contributed by atoms with van der Waals surface area (Å²) in [5.74, 6) is -0.288. The molecule has 0 aliphatic carbocycles. The standard InChI is InChI=1S/C14H14BrN3O2/c1-9-3-2-4-11(14(9)15)17-12(19)8-18-7-10(16)5-6-13(18)20/h2-7H,8,16H2,1H3,(H,17,19). The number of carbonyl (C=O) groups is 1. The summed E-state index contributed by atoms with van der Waals surface area (Å²) in [7, 11) is 0. The normalized spacial score (nSPS) is 10.3. The van der Waals surface area contributed by atoms with E-state index >= 15 is 0 Å². The number of pyridine rings is 1. The van der Waals surface area contributed by atoms with Crippen molar-refractivity contribution in [2.24, 2.45) is 0 Å². The maximum atomic E-state index is 12.0. The monoisotopic (exact) mass is 335 g/mol. The van der Waals surface area contributed by atoms with Gasteiger partial charge < -0.3 is 15.6 Å². The SMILES string of the molecule is Cc1cccc(NC(=O)Cn2cc(N)ccc2=O)c1Br. The highest BCUT2D eigenvalue weighted by Gasteiger charge is 2.08. The van der Waals surface area contributed by atoms with Gasteiger partial charge in [-0.15, -0.1) is 0 Å². The Bertz CT molecular complexity index is 710. The van der Waals surface area contributed by atoms with Crippen LogP contribution in [0.1, 0.15) is 5.56 Å². The third kappa shape index (κ3) is 3.27. The number of nitrogens with two attached hydrogens (primary N) is 1. The topological polar surface area (TPSA) is 77.1 Å². The Labute approximate surface area is 124 Å². The van der Waals surface area contributed by atoms with Gasteiger partial charge in [0.2, 0.25) is 5.91 Å². The molecule has 1 aromatic carbocycles. The van der Waals surface area contributed by atoms with Gasteiger partial charge in [-0.05, 0) is 40.5 Å². The summed E-state index contributed by atoms with van der Waals surface area (Å²) in [6.45, 7) is 1.85. The van der Waals surface area contributed by atoms with Gasteiger partial charge in [0.1, 0.15) is 6.54 Å². The molecule has 6 heteroatoms. The molecular formula is C14H14BrN3O2. The molecule has 0 fully saturated rings. The van der Waals surface area contributed by atoms with Crippen LogP contribution in [0.25, 0.3) is 0 Å². The largest absolute Gasteiger partial charge is 0.398 e. The summed E-state index contributed by atoms with van der Waals surface area (Å²) in [5.41, 5.74) is 7.46. The second-order valence-electron chi connectivity index (χ2n) is 4.41. The van der Waals surface area contributed by atoms with Gasteiger partial charge in [-0.2, -0.15) is 0 Å². The molecule has 1 heterocycles. The van der Waals surface area contributed by atoms with E-state index in [1.54, 1.807) is 6.07 Å². The number of benzene rings is 1. The van der Waals surface area contributed by atoms with Gasteiger partial charge in [0.15, 0.2) is 0 Å². The van der Waals surface area contributed by atoms with Gasteiger partial charge in [-0.1, -0.05) is 12.1 Å². The number of aromatic nitrogens is 1. The molecule has 2 aromatic rings. The molecule has 0 unspecified atom stereocenters. The van der Waals surface area contributed by atoms with Crippen LogP contribution in [0.5, 0.6) is 0 Å². The lowest BCUT2D eigenvalue weighted by atomic mass is 10.2. The van der Waals surface area contributed by atoms with E-state index in [1.165, 1.54) is 22.9 Å². The van der Waals surface area contributed by atoms with Crippen LogP contribution in [0.2, 0.25) is 0 Å². The van der Waals surface area contributed by atoms with Crippen LogP contribution in [-0.4, -0.2) is 10.5 Å². The number of carbonyl (C=O) groups excluding carboxylic acids is 1. The smallest absolute Gasteiger partial charge is 0.251 e. The van der Waals surface area contributed by atoms with Gasteiger partial charge in [0, 0.05) is 22.4 Å². The Hall–Kier alpha value is -2.08. The number of aryl methyl sites for hydroxylation is 1. The Morgan fingerprint density at radius 2 is 2.10 bits per heavy atom. The second kappa shape index (κ2) is 5.92. The first kappa shape index (κ1) is 14.3. The van der Waals surface area contributed by atoms with Crippen LogP contribution in [0, 0.1) is 6.92 Å². The van der Waals surface area contributed by atoms with E-state index in [0.717, 1.165) is 10.0 Å². The Morgan fingerprint density at radius 3 is 2.85 bits per heavy atom. The molecule has 104 valence electrons. The van der Waals surface area contributed by atoms with Crippen molar-refractivity contribution in [1.29, 1.82) is 0 Å². The van der Waals surface area contributed by atoms with E-state index in [1.807, 2.05) is 19.1 Å². The molecule has 0 bridgehead atoms. The van der Waals surface area contributed by atoms with Crippen molar-refractivity contribution in [3.63, 3.8) is 0 Å². The summed E-state index contributed by atoms with van der Waals surface area (Å²) in [6, 6.07) is 8.42. The minimum atomic E-state index is -0.288. The molecule has 1 amide bonds. The number of nitrogens with zero attached hydrogens (tertiary/aromatic N) is 1. The van der Waals surface area contributed by atoms with Gasteiger partial charge in [-0.3, -0.25) is 9.59 Å². The van der Waals surface area contributed by atoms with Crippen LogP contribution in [0.4, 0.5) is 11.4 Å². The Morgan fingerprint density at radius 1 is 1.35 bits per heavy atom. The van der Waals surface area contributed by atoms with Gasteiger partial charge in [0.25, 0.3) is 5.56 Å². The van der Waals surface area contributed by atoms with Crippen molar-refractivity contribution in [3.8, 4) is 0 Å². The fourth-order valence-electron chi connectivity index (χ4n) is 1.76. The fourth-order valence-corrected chi connectivity index (χ4v) is 2.13. The molecule has 0 radical (unpaired) electrons. The summed E-state index contributed by atoms with van der Waals surface area (Å²) < 4.78 is 2.10. The summed E-state index contributed by atoms with van der Waals surface area (Å²) in [4.78, 5) is 23.6. The Kier molecular flexibility index (Phi) is 4.24. The predicted octanol–water partition coefficient (Wildman–Crippen LogP) is 2.14. The van der Waals surface area contributed by atoms with Gasteiger partial charge in [-0.25, -0.2) is 0 Å². The van der Waals surface area contributed by atoms with Crippen molar-refractivity contribution in [2.45, 2.75) is 13.5 Å². The van der Waals surface area contributed by atoms with E-state index in [4.69, 9.17) is 5.73 Å². The maximum Gasteiger partial charge on any atom is 0.251 e. The lowest BCUT2D eigenvalue weighted by molar-refractivity contribution is -0.116. The quantitative estimate of drug-likeness (QED) is 0.902. The van der Waals surface area contributed by atoms with Crippen molar-refractivity contribution in [2.75, 3.05) is 11.1 Å². The van der Waals surface area contributed by atoms with Crippen molar-refractivity contribution >= 4 is 33.2 Å². The lowest BCUT2D eigenvalue weighted by Gasteiger charge is -2.10. The van der Waals surface area contributed by atoms with Crippen molar-refractivity contribution in [3.05, 3.63) is 56.9 Å². The zero-order chi connectivity index (χ0) is 14.7. The van der Waals surface area contributed by atoms with E-state index in [-0.39, 0.29) is 18.0 Å². The molecule has 2 rings (SSSR count). The number of nitrogen functional groups attached to an aromatic ring is 1. The lowest BCUT2D eigenvalue weighted by Crippen LogP contribution is -2.27. The minimum Gasteiger partial charge on any atom is -0.398 e. The minimum absolute atomic E-state index is 0.0791.